The fourth-order valence-corrected chi connectivity index (χ4v) is 4.66. The molecule has 4 heteroatoms. The molecule has 0 bridgehead atoms. The third kappa shape index (κ3) is 9.47. The molecular weight excluding hydrogens is 563 g/mol. The molecule has 0 unspecified atom stereocenters. The SMILES string of the molecule is CC1=CC[C-]=C1.[Cl-].[Cl-].[Zr+4].c1ccc([Si]c2ccccc2)cc1.c1ccc2c(c1)[cH-]c1ccccc12. The summed E-state index contributed by atoms with van der Waals surface area (Å²) in [5.41, 5.74) is 1.34. The van der Waals surface area contributed by atoms with Gasteiger partial charge in [-0.1, -0.05) is 107 Å². The van der Waals surface area contributed by atoms with Gasteiger partial charge in [0.1, 0.15) is 9.52 Å². The molecule has 35 heavy (non-hydrogen) atoms. The van der Waals surface area contributed by atoms with E-state index < -0.39 is 0 Å². The number of allylic oxidation sites excluding steroid dienone is 4. The first-order valence-electron chi connectivity index (χ1n) is 10.9. The summed E-state index contributed by atoms with van der Waals surface area (Å²) in [6, 6.07) is 40.4. The predicted molar refractivity (Wildman–Crippen MR) is 141 cm³/mol. The molecule has 0 saturated carbocycles. The fraction of sp³-hybridized carbons (Fsp3) is 0.0645. The Kier molecular flexibility index (Phi) is 14.6. The van der Waals surface area contributed by atoms with Gasteiger partial charge in [0.25, 0.3) is 0 Å². The Morgan fingerprint density at radius 3 is 1.43 bits per heavy atom. The van der Waals surface area contributed by atoms with E-state index >= 15 is 0 Å². The minimum absolute atomic E-state index is 0. The minimum Gasteiger partial charge on any atom is -1.00 e. The molecule has 0 aromatic heterocycles. The van der Waals surface area contributed by atoms with Crippen molar-refractivity contribution >= 4 is 41.4 Å². The van der Waals surface area contributed by atoms with Crippen molar-refractivity contribution < 1.29 is 51.0 Å². The molecule has 0 atom stereocenters. The van der Waals surface area contributed by atoms with Crippen LogP contribution in [0.1, 0.15) is 13.3 Å². The van der Waals surface area contributed by atoms with Crippen LogP contribution >= 0.6 is 0 Å². The van der Waals surface area contributed by atoms with Crippen molar-refractivity contribution in [1.29, 1.82) is 0 Å². The summed E-state index contributed by atoms with van der Waals surface area (Å²) in [5, 5.41) is 8.19. The van der Waals surface area contributed by atoms with Crippen LogP contribution in [-0.4, -0.2) is 9.52 Å². The molecule has 172 valence electrons. The van der Waals surface area contributed by atoms with Crippen molar-refractivity contribution in [2.24, 2.45) is 0 Å². The number of hydrogen-bond acceptors (Lipinski definition) is 0. The second-order valence-corrected chi connectivity index (χ2v) is 9.08. The van der Waals surface area contributed by atoms with Gasteiger partial charge in [-0.25, -0.2) is 11.6 Å². The normalized spacial score (nSPS) is 10.9. The molecule has 0 heterocycles. The van der Waals surface area contributed by atoms with Crippen LogP contribution in [0.15, 0.2) is 133 Å². The van der Waals surface area contributed by atoms with E-state index in [1.165, 1.54) is 37.5 Å². The maximum Gasteiger partial charge on any atom is 4.00 e. The molecule has 0 aliphatic heterocycles. The van der Waals surface area contributed by atoms with E-state index in [9.17, 15) is 0 Å². The van der Waals surface area contributed by atoms with Crippen LogP contribution in [0.5, 0.6) is 0 Å². The molecule has 0 saturated heterocycles. The Balaban J connectivity index is 0.000000267. The third-order valence-corrected chi connectivity index (χ3v) is 6.47. The van der Waals surface area contributed by atoms with Gasteiger partial charge in [-0.05, 0) is 0 Å². The van der Waals surface area contributed by atoms with E-state index in [1.54, 1.807) is 0 Å². The largest absolute Gasteiger partial charge is 4.00 e. The zero-order valence-corrected chi connectivity index (χ0v) is 24.6. The molecule has 2 radical (unpaired) electrons. The van der Waals surface area contributed by atoms with Crippen LogP contribution in [0.2, 0.25) is 0 Å². The van der Waals surface area contributed by atoms with Gasteiger partial charge >= 0.3 is 26.2 Å². The minimum atomic E-state index is 0. The second kappa shape index (κ2) is 16.6. The summed E-state index contributed by atoms with van der Waals surface area (Å²) in [6.07, 6.45) is 8.24. The van der Waals surface area contributed by atoms with Crippen molar-refractivity contribution in [2.75, 3.05) is 0 Å². The van der Waals surface area contributed by atoms with Crippen LogP contribution in [0.4, 0.5) is 0 Å². The summed E-state index contributed by atoms with van der Waals surface area (Å²) < 4.78 is 0. The van der Waals surface area contributed by atoms with Crippen molar-refractivity contribution in [3.8, 4) is 0 Å². The molecule has 0 nitrogen and oxygen atoms in total. The topological polar surface area (TPSA) is 0 Å². The van der Waals surface area contributed by atoms with Gasteiger partial charge in [0.05, 0.1) is 0 Å². The molecule has 1 aliphatic rings. The Morgan fingerprint density at radius 2 is 1.06 bits per heavy atom. The van der Waals surface area contributed by atoms with Crippen LogP contribution in [0.3, 0.4) is 0 Å². The van der Waals surface area contributed by atoms with E-state index in [2.05, 4.69) is 134 Å². The van der Waals surface area contributed by atoms with Crippen LogP contribution < -0.4 is 35.2 Å². The van der Waals surface area contributed by atoms with Crippen LogP contribution in [0.25, 0.3) is 21.5 Å². The average molecular weight is 589 g/mol. The Labute approximate surface area is 243 Å². The average Bonchev–Trinajstić information content (AvgIpc) is 3.48. The number of hydrogen-bond donors (Lipinski definition) is 0. The maximum atomic E-state index is 3.05. The number of rotatable bonds is 2. The smallest absolute Gasteiger partial charge is 1.00 e. The number of halogens is 2. The zero-order chi connectivity index (χ0) is 22.0. The van der Waals surface area contributed by atoms with E-state index in [4.69, 9.17) is 0 Å². The van der Waals surface area contributed by atoms with E-state index in [1.807, 2.05) is 6.08 Å². The standard InChI is InChI=1S/C13H9.C12H10Si.C6H7.2ClH.Zr/c1-3-7-12-10(5-1)9-11-6-2-4-8-13(11)12;1-3-7-11(8-4-1)13-12-9-5-2-6-10-12;1-6-4-2-3-5-6;;;/h1-9H;1-10H;4-5H,2H2,1H3;2*1H;/q-1;;-1;;;+4/p-2. The maximum absolute atomic E-state index is 3.05. The summed E-state index contributed by atoms with van der Waals surface area (Å²) in [4.78, 5) is 0. The summed E-state index contributed by atoms with van der Waals surface area (Å²) >= 11 is 0. The number of fused-ring (bicyclic) bond motifs is 3. The van der Waals surface area contributed by atoms with Crippen LogP contribution in [-0.2, 0) is 26.2 Å². The Bertz CT molecular complexity index is 1240. The third-order valence-electron chi connectivity index (χ3n) is 5.23. The fourth-order valence-electron chi connectivity index (χ4n) is 3.61. The van der Waals surface area contributed by atoms with Gasteiger partial charge in [0, 0.05) is 0 Å². The second-order valence-electron chi connectivity index (χ2n) is 7.68. The Hall–Kier alpha value is -2.09. The number of benzene rings is 4. The monoisotopic (exact) mass is 586 g/mol. The molecule has 0 N–H and O–H groups in total. The summed E-state index contributed by atoms with van der Waals surface area (Å²) in [6.45, 7) is 2.08. The first-order valence-corrected chi connectivity index (χ1v) is 11.9. The molecule has 0 fully saturated rings. The van der Waals surface area contributed by atoms with Crippen molar-refractivity contribution in [1.82, 2.24) is 0 Å². The van der Waals surface area contributed by atoms with Gasteiger partial charge in [-0.15, -0.1) is 53.1 Å². The van der Waals surface area contributed by atoms with Crippen molar-refractivity contribution in [3.05, 3.63) is 139 Å². The molecule has 1 aliphatic carbocycles. The quantitative estimate of drug-likeness (QED) is 0.211. The molecular formula is C31H26Cl2SiZr. The van der Waals surface area contributed by atoms with Gasteiger partial charge < -0.3 is 24.8 Å². The Morgan fingerprint density at radius 1 is 0.629 bits per heavy atom. The molecule has 0 amide bonds. The predicted octanol–water partition coefficient (Wildman–Crippen LogP) is 0.755. The first kappa shape index (κ1) is 30.9. The summed E-state index contributed by atoms with van der Waals surface area (Å²) in [5.74, 6) is 0. The van der Waals surface area contributed by atoms with E-state index in [0.717, 1.165) is 15.9 Å². The van der Waals surface area contributed by atoms with Gasteiger partial charge in [-0.2, -0.15) is 6.08 Å². The van der Waals surface area contributed by atoms with Gasteiger partial charge in [-0.3, -0.25) is 6.08 Å². The molecule has 5 aromatic carbocycles. The van der Waals surface area contributed by atoms with E-state index in [0.29, 0.717) is 0 Å². The van der Waals surface area contributed by atoms with Crippen LogP contribution in [0, 0.1) is 6.08 Å². The molecule has 6 rings (SSSR count). The summed E-state index contributed by atoms with van der Waals surface area (Å²) in [7, 11) is 0.777. The molecule has 5 aromatic rings. The zero-order valence-electron chi connectivity index (χ0n) is 19.6. The van der Waals surface area contributed by atoms with E-state index in [-0.39, 0.29) is 51.0 Å². The first-order chi connectivity index (χ1) is 15.8. The van der Waals surface area contributed by atoms with Crippen molar-refractivity contribution in [2.45, 2.75) is 13.3 Å². The van der Waals surface area contributed by atoms with Gasteiger partial charge in [0.2, 0.25) is 0 Å². The van der Waals surface area contributed by atoms with Crippen molar-refractivity contribution in [3.63, 3.8) is 0 Å². The van der Waals surface area contributed by atoms with Gasteiger partial charge in [0.15, 0.2) is 0 Å². The molecule has 0 spiro atoms.